The van der Waals surface area contributed by atoms with Crippen LogP contribution < -0.4 is 4.90 Å². The van der Waals surface area contributed by atoms with Gasteiger partial charge in [0.2, 0.25) is 0 Å². The SMILES string of the molecule is CCN(CC)c1cccc(C(=O)C(F)(F)F)c1. The van der Waals surface area contributed by atoms with Gasteiger partial charge in [-0.05, 0) is 26.0 Å². The van der Waals surface area contributed by atoms with Crippen LogP contribution in [0.3, 0.4) is 0 Å². The maximum absolute atomic E-state index is 12.3. The van der Waals surface area contributed by atoms with Crippen molar-refractivity contribution in [3.63, 3.8) is 0 Å². The summed E-state index contributed by atoms with van der Waals surface area (Å²) < 4.78 is 36.8. The molecule has 0 aliphatic rings. The summed E-state index contributed by atoms with van der Waals surface area (Å²) in [6.45, 7) is 5.17. The van der Waals surface area contributed by atoms with Crippen molar-refractivity contribution >= 4 is 11.5 Å². The van der Waals surface area contributed by atoms with Gasteiger partial charge in [-0.3, -0.25) is 4.79 Å². The summed E-state index contributed by atoms with van der Waals surface area (Å²) in [5, 5.41) is 0. The van der Waals surface area contributed by atoms with Gasteiger partial charge in [-0.25, -0.2) is 0 Å². The maximum atomic E-state index is 12.3. The van der Waals surface area contributed by atoms with Crippen molar-refractivity contribution in [1.29, 1.82) is 0 Å². The Kier molecular flexibility index (Phi) is 4.15. The van der Waals surface area contributed by atoms with E-state index in [1.807, 2.05) is 18.7 Å². The van der Waals surface area contributed by atoms with Gasteiger partial charge in [0.25, 0.3) is 5.78 Å². The van der Waals surface area contributed by atoms with E-state index >= 15 is 0 Å². The Balaban J connectivity index is 3.05. The molecule has 0 saturated heterocycles. The summed E-state index contributed by atoms with van der Waals surface area (Å²) in [5.74, 6) is -1.80. The van der Waals surface area contributed by atoms with Crippen LogP contribution in [0.2, 0.25) is 0 Å². The molecule has 0 radical (unpaired) electrons. The second kappa shape index (κ2) is 5.21. The van der Waals surface area contributed by atoms with Crippen molar-refractivity contribution in [2.24, 2.45) is 0 Å². The van der Waals surface area contributed by atoms with Crippen LogP contribution in [0.25, 0.3) is 0 Å². The van der Waals surface area contributed by atoms with Crippen molar-refractivity contribution in [3.8, 4) is 0 Å². The predicted molar refractivity (Wildman–Crippen MR) is 60.4 cm³/mol. The van der Waals surface area contributed by atoms with Crippen LogP contribution in [0.5, 0.6) is 0 Å². The first-order valence-corrected chi connectivity index (χ1v) is 5.36. The number of hydrogen-bond acceptors (Lipinski definition) is 2. The summed E-state index contributed by atoms with van der Waals surface area (Å²) >= 11 is 0. The topological polar surface area (TPSA) is 20.3 Å². The van der Waals surface area contributed by atoms with Crippen LogP contribution in [0.15, 0.2) is 24.3 Å². The van der Waals surface area contributed by atoms with E-state index in [-0.39, 0.29) is 5.56 Å². The van der Waals surface area contributed by atoms with E-state index in [0.29, 0.717) is 18.8 Å². The fourth-order valence-electron chi connectivity index (χ4n) is 1.60. The molecule has 0 bridgehead atoms. The summed E-state index contributed by atoms with van der Waals surface area (Å²) in [6, 6.07) is 5.62. The van der Waals surface area contributed by atoms with E-state index in [0.717, 1.165) is 0 Å². The zero-order valence-corrected chi connectivity index (χ0v) is 9.71. The Labute approximate surface area is 98.0 Å². The van der Waals surface area contributed by atoms with Gasteiger partial charge in [0.1, 0.15) is 0 Å². The second-order valence-corrected chi connectivity index (χ2v) is 3.55. The number of nitrogens with zero attached hydrogens (tertiary/aromatic N) is 1. The highest BCUT2D eigenvalue weighted by atomic mass is 19.4. The number of Topliss-reactive ketones (excluding diaryl/α,β-unsaturated/α-hetero) is 1. The Bertz CT molecular complexity index is 397. The minimum Gasteiger partial charge on any atom is -0.372 e. The fraction of sp³-hybridized carbons (Fsp3) is 0.417. The Morgan fingerprint density at radius 3 is 2.29 bits per heavy atom. The lowest BCUT2D eigenvalue weighted by atomic mass is 10.1. The van der Waals surface area contributed by atoms with Crippen molar-refractivity contribution in [2.45, 2.75) is 20.0 Å². The third-order valence-electron chi connectivity index (χ3n) is 2.49. The smallest absolute Gasteiger partial charge is 0.372 e. The highest BCUT2D eigenvalue weighted by Crippen LogP contribution is 2.24. The molecule has 0 N–H and O–H groups in total. The number of benzene rings is 1. The normalized spacial score (nSPS) is 11.4. The summed E-state index contributed by atoms with van der Waals surface area (Å²) in [6.07, 6.45) is -4.82. The Hall–Kier alpha value is -1.52. The van der Waals surface area contributed by atoms with Gasteiger partial charge in [-0.15, -0.1) is 0 Å². The zero-order chi connectivity index (χ0) is 13.1. The van der Waals surface area contributed by atoms with Crippen LogP contribution in [-0.2, 0) is 0 Å². The predicted octanol–water partition coefficient (Wildman–Crippen LogP) is 3.28. The summed E-state index contributed by atoms with van der Waals surface area (Å²) in [4.78, 5) is 13.0. The van der Waals surface area contributed by atoms with Crippen molar-refractivity contribution in [2.75, 3.05) is 18.0 Å². The molecule has 0 atom stereocenters. The number of ketones is 1. The van der Waals surface area contributed by atoms with Crippen molar-refractivity contribution < 1.29 is 18.0 Å². The molecule has 17 heavy (non-hydrogen) atoms. The van der Waals surface area contributed by atoms with Gasteiger partial charge in [0, 0.05) is 24.3 Å². The molecule has 1 aromatic carbocycles. The third-order valence-corrected chi connectivity index (χ3v) is 2.49. The van der Waals surface area contributed by atoms with Gasteiger partial charge in [-0.2, -0.15) is 13.2 Å². The van der Waals surface area contributed by atoms with E-state index in [1.54, 1.807) is 6.07 Å². The van der Waals surface area contributed by atoms with Gasteiger partial charge in [0.05, 0.1) is 0 Å². The average Bonchev–Trinajstić information content (AvgIpc) is 2.29. The number of rotatable bonds is 4. The molecular weight excluding hydrogens is 231 g/mol. The molecule has 0 spiro atoms. The molecule has 2 nitrogen and oxygen atoms in total. The molecule has 0 heterocycles. The Morgan fingerprint density at radius 1 is 1.24 bits per heavy atom. The number of carbonyl (C=O) groups is 1. The lowest BCUT2D eigenvalue weighted by molar-refractivity contribution is -0.0885. The molecule has 0 aliphatic heterocycles. The van der Waals surface area contributed by atoms with E-state index in [2.05, 4.69) is 0 Å². The molecule has 0 aromatic heterocycles. The number of hydrogen-bond donors (Lipinski definition) is 0. The van der Waals surface area contributed by atoms with Crippen LogP contribution in [0.1, 0.15) is 24.2 Å². The van der Waals surface area contributed by atoms with Gasteiger partial charge < -0.3 is 4.90 Å². The van der Waals surface area contributed by atoms with Crippen LogP contribution >= 0.6 is 0 Å². The lowest BCUT2D eigenvalue weighted by Crippen LogP contribution is -2.25. The molecule has 0 aliphatic carbocycles. The quantitative estimate of drug-likeness (QED) is 0.759. The fourth-order valence-corrected chi connectivity index (χ4v) is 1.60. The van der Waals surface area contributed by atoms with E-state index in [1.165, 1.54) is 18.2 Å². The minimum absolute atomic E-state index is 0.318. The van der Waals surface area contributed by atoms with Crippen LogP contribution in [-0.4, -0.2) is 25.0 Å². The molecule has 94 valence electrons. The minimum atomic E-state index is -4.82. The molecule has 0 fully saturated rings. The standard InChI is InChI=1S/C12H14F3NO/c1-3-16(4-2)10-7-5-6-9(8-10)11(17)12(13,14)15/h5-8H,3-4H2,1-2H3. The first kappa shape index (κ1) is 13.5. The first-order chi connectivity index (χ1) is 7.90. The van der Waals surface area contributed by atoms with Gasteiger partial charge in [-0.1, -0.05) is 12.1 Å². The third kappa shape index (κ3) is 3.22. The highest BCUT2D eigenvalue weighted by molar-refractivity contribution is 6.00. The molecule has 1 aromatic rings. The average molecular weight is 245 g/mol. The van der Waals surface area contributed by atoms with E-state index < -0.39 is 12.0 Å². The Morgan fingerprint density at radius 2 is 1.82 bits per heavy atom. The lowest BCUT2D eigenvalue weighted by Gasteiger charge is -2.21. The largest absolute Gasteiger partial charge is 0.454 e. The summed E-state index contributed by atoms with van der Waals surface area (Å²) in [5.41, 5.74) is 0.312. The first-order valence-electron chi connectivity index (χ1n) is 5.36. The maximum Gasteiger partial charge on any atom is 0.454 e. The number of carbonyl (C=O) groups excluding carboxylic acids is 1. The highest BCUT2D eigenvalue weighted by Gasteiger charge is 2.39. The molecular formula is C12H14F3NO. The van der Waals surface area contributed by atoms with Gasteiger partial charge >= 0.3 is 6.18 Å². The van der Waals surface area contributed by atoms with E-state index in [4.69, 9.17) is 0 Å². The summed E-state index contributed by atoms with van der Waals surface area (Å²) in [7, 11) is 0. The van der Waals surface area contributed by atoms with E-state index in [9.17, 15) is 18.0 Å². The molecule has 1 rings (SSSR count). The number of anilines is 1. The number of alkyl halides is 3. The van der Waals surface area contributed by atoms with Crippen LogP contribution in [0.4, 0.5) is 18.9 Å². The van der Waals surface area contributed by atoms with Crippen molar-refractivity contribution in [1.82, 2.24) is 0 Å². The second-order valence-electron chi connectivity index (χ2n) is 3.55. The molecule has 0 amide bonds. The van der Waals surface area contributed by atoms with Crippen LogP contribution in [0, 0.1) is 0 Å². The van der Waals surface area contributed by atoms with Crippen molar-refractivity contribution in [3.05, 3.63) is 29.8 Å². The molecule has 0 unspecified atom stereocenters. The monoisotopic (exact) mass is 245 g/mol. The number of halogens is 3. The van der Waals surface area contributed by atoms with Gasteiger partial charge in [0.15, 0.2) is 0 Å². The molecule has 0 saturated carbocycles. The zero-order valence-electron chi connectivity index (χ0n) is 9.71. The molecule has 5 heteroatoms.